The smallest absolute Gasteiger partial charge is 0.270 e. The third kappa shape index (κ3) is 4.20. The summed E-state index contributed by atoms with van der Waals surface area (Å²) in [4.78, 5) is 34.5. The molecule has 0 spiro atoms. The number of nitrogen functional groups attached to an aromatic ring is 1. The Hall–Kier alpha value is -4.25. The van der Waals surface area contributed by atoms with Crippen LogP contribution in [0.25, 0.3) is 27.9 Å². The molecule has 0 fully saturated rings. The normalized spacial score (nSPS) is 11.4. The van der Waals surface area contributed by atoms with Crippen LogP contribution in [-0.4, -0.2) is 37.4 Å². The van der Waals surface area contributed by atoms with E-state index < -0.39 is 0 Å². The Balaban J connectivity index is 1.38. The maximum Gasteiger partial charge on any atom is 0.270 e. The van der Waals surface area contributed by atoms with E-state index in [0.717, 1.165) is 16.6 Å². The standard InChI is InChI=1S/C23H21N7O3S/c1-12(2)26-21(31)16-7-13(9-19-28-23(24)29-30(16)19)14-8-18(34-11-14)22(32)25-10-20-27-15-5-3-4-6-17(15)33-20/h3-9,11-12H,10H2,1-2H3,(H2,24,29)(H,25,32)(H,26,31). The number of rotatable bonds is 6. The van der Waals surface area contributed by atoms with Crippen molar-refractivity contribution < 1.29 is 14.0 Å². The number of thiophene rings is 1. The highest BCUT2D eigenvalue weighted by Gasteiger charge is 2.18. The highest BCUT2D eigenvalue weighted by molar-refractivity contribution is 7.12. The van der Waals surface area contributed by atoms with Crippen LogP contribution in [0.2, 0.25) is 0 Å². The molecule has 0 atom stereocenters. The number of benzene rings is 1. The van der Waals surface area contributed by atoms with E-state index in [4.69, 9.17) is 10.2 Å². The van der Waals surface area contributed by atoms with E-state index >= 15 is 0 Å². The van der Waals surface area contributed by atoms with Gasteiger partial charge in [0.1, 0.15) is 11.2 Å². The molecule has 0 aliphatic heterocycles. The molecule has 4 aromatic heterocycles. The number of hydrogen-bond donors (Lipinski definition) is 3. The molecule has 2 amide bonds. The van der Waals surface area contributed by atoms with Crippen LogP contribution in [0.3, 0.4) is 0 Å². The van der Waals surface area contributed by atoms with Crippen LogP contribution in [0.4, 0.5) is 5.95 Å². The minimum atomic E-state index is -0.293. The third-order valence-corrected chi connectivity index (χ3v) is 5.93. The number of fused-ring (bicyclic) bond motifs is 2. The first-order valence-electron chi connectivity index (χ1n) is 10.6. The third-order valence-electron chi connectivity index (χ3n) is 5.00. The van der Waals surface area contributed by atoms with Crippen molar-refractivity contribution in [2.45, 2.75) is 26.4 Å². The predicted octanol–water partition coefficient (Wildman–Crippen LogP) is 3.25. The summed E-state index contributed by atoms with van der Waals surface area (Å²) in [5.74, 6) is -0.0373. The number of nitrogens with one attached hydrogen (secondary N) is 2. The molecule has 0 aliphatic carbocycles. The summed E-state index contributed by atoms with van der Waals surface area (Å²) in [7, 11) is 0. The molecule has 0 saturated heterocycles. The van der Waals surface area contributed by atoms with E-state index in [1.54, 1.807) is 18.2 Å². The zero-order valence-electron chi connectivity index (χ0n) is 18.4. The van der Waals surface area contributed by atoms with Crippen molar-refractivity contribution in [2.75, 3.05) is 5.73 Å². The summed E-state index contributed by atoms with van der Waals surface area (Å²) < 4.78 is 7.06. The average Bonchev–Trinajstić information content (AvgIpc) is 3.52. The molecule has 0 radical (unpaired) electrons. The molecule has 4 N–H and O–H groups in total. The number of nitrogens with two attached hydrogens (primary N) is 1. The van der Waals surface area contributed by atoms with E-state index in [9.17, 15) is 9.59 Å². The fraction of sp³-hybridized carbons (Fsp3) is 0.174. The summed E-state index contributed by atoms with van der Waals surface area (Å²) in [5, 5.41) is 11.7. The summed E-state index contributed by atoms with van der Waals surface area (Å²) in [6, 6.07) is 12.6. The molecule has 1 aromatic carbocycles. The molecule has 10 nitrogen and oxygen atoms in total. The van der Waals surface area contributed by atoms with Gasteiger partial charge in [-0.05, 0) is 60.7 Å². The van der Waals surface area contributed by atoms with E-state index in [1.165, 1.54) is 15.9 Å². The van der Waals surface area contributed by atoms with Gasteiger partial charge in [-0.2, -0.15) is 4.98 Å². The number of nitrogens with zero attached hydrogens (tertiary/aromatic N) is 4. The van der Waals surface area contributed by atoms with Gasteiger partial charge in [-0.25, -0.2) is 9.50 Å². The van der Waals surface area contributed by atoms with Gasteiger partial charge < -0.3 is 20.8 Å². The second-order valence-electron chi connectivity index (χ2n) is 7.96. The number of para-hydroxylation sites is 2. The number of oxazole rings is 1. The Bertz CT molecular complexity index is 1500. The lowest BCUT2D eigenvalue weighted by molar-refractivity contribution is 0.0932. The van der Waals surface area contributed by atoms with Crippen LogP contribution < -0.4 is 16.4 Å². The summed E-state index contributed by atoms with van der Waals surface area (Å²) >= 11 is 1.30. The number of carbonyl (C=O) groups is 2. The van der Waals surface area contributed by atoms with Gasteiger partial charge in [-0.3, -0.25) is 9.59 Å². The summed E-state index contributed by atoms with van der Waals surface area (Å²) in [6.45, 7) is 3.92. The Kier molecular flexibility index (Phi) is 5.46. The number of hydrogen-bond acceptors (Lipinski definition) is 8. The number of carbonyl (C=O) groups excluding carboxylic acids is 2. The van der Waals surface area contributed by atoms with Gasteiger partial charge in [0.15, 0.2) is 11.2 Å². The van der Waals surface area contributed by atoms with Gasteiger partial charge in [-0.1, -0.05) is 12.1 Å². The molecule has 34 heavy (non-hydrogen) atoms. The number of pyridine rings is 1. The van der Waals surface area contributed by atoms with Crippen LogP contribution in [0.1, 0.15) is 39.9 Å². The number of anilines is 1. The zero-order chi connectivity index (χ0) is 23.8. The van der Waals surface area contributed by atoms with Gasteiger partial charge in [0, 0.05) is 6.04 Å². The minimum Gasteiger partial charge on any atom is -0.439 e. The Morgan fingerprint density at radius 3 is 2.74 bits per heavy atom. The maximum atomic E-state index is 12.7. The van der Waals surface area contributed by atoms with E-state index in [1.807, 2.05) is 43.5 Å². The lowest BCUT2D eigenvalue weighted by Gasteiger charge is -2.10. The number of amides is 2. The topological polar surface area (TPSA) is 140 Å². The van der Waals surface area contributed by atoms with Crippen LogP contribution in [-0.2, 0) is 6.54 Å². The molecule has 5 aromatic rings. The largest absolute Gasteiger partial charge is 0.439 e. The molecule has 11 heteroatoms. The van der Waals surface area contributed by atoms with E-state index in [-0.39, 0.29) is 30.3 Å². The monoisotopic (exact) mass is 475 g/mol. The molecule has 0 aliphatic rings. The van der Waals surface area contributed by atoms with Crippen molar-refractivity contribution in [3.63, 3.8) is 0 Å². The molecule has 4 heterocycles. The zero-order valence-corrected chi connectivity index (χ0v) is 19.2. The molecular weight excluding hydrogens is 454 g/mol. The highest BCUT2D eigenvalue weighted by atomic mass is 32.1. The first-order valence-corrected chi connectivity index (χ1v) is 11.4. The molecule has 0 saturated carbocycles. The molecular formula is C23H21N7O3S. The maximum absolute atomic E-state index is 12.7. The number of aromatic nitrogens is 4. The van der Waals surface area contributed by atoms with Crippen molar-refractivity contribution in [1.82, 2.24) is 30.2 Å². The average molecular weight is 476 g/mol. The van der Waals surface area contributed by atoms with Crippen LogP contribution in [0, 0.1) is 0 Å². The summed E-state index contributed by atoms with van der Waals surface area (Å²) in [5.41, 5.74) is 9.43. The van der Waals surface area contributed by atoms with Gasteiger partial charge >= 0.3 is 0 Å². The Morgan fingerprint density at radius 2 is 1.94 bits per heavy atom. The second-order valence-corrected chi connectivity index (χ2v) is 8.87. The van der Waals surface area contributed by atoms with Gasteiger partial charge in [-0.15, -0.1) is 16.4 Å². The Morgan fingerprint density at radius 1 is 1.12 bits per heavy atom. The van der Waals surface area contributed by atoms with E-state index in [0.29, 0.717) is 27.7 Å². The Labute approximate surface area is 197 Å². The van der Waals surface area contributed by atoms with Crippen molar-refractivity contribution in [2.24, 2.45) is 0 Å². The van der Waals surface area contributed by atoms with Crippen molar-refractivity contribution in [1.29, 1.82) is 0 Å². The molecule has 5 rings (SSSR count). The highest BCUT2D eigenvalue weighted by Crippen LogP contribution is 2.28. The van der Waals surface area contributed by atoms with Crippen LogP contribution in [0.5, 0.6) is 0 Å². The molecule has 0 unspecified atom stereocenters. The minimum absolute atomic E-state index is 0.0511. The lowest BCUT2D eigenvalue weighted by atomic mass is 10.1. The fourth-order valence-electron chi connectivity index (χ4n) is 3.51. The van der Waals surface area contributed by atoms with Gasteiger partial charge in [0.05, 0.1) is 11.4 Å². The van der Waals surface area contributed by atoms with Crippen molar-refractivity contribution >= 4 is 45.8 Å². The van der Waals surface area contributed by atoms with Crippen molar-refractivity contribution in [3.05, 3.63) is 64.3 Å². The first kappa shape index (κ1) is 21.6. The fourth-order valence-corrected chi connectivity index (χ4v) is 4.34. The SMILES string of the molecule is CC(C)NC(=O)c1cc(-c2csc(C(=O)NCc3nc4ccccc4o3)c2)cc2nc(N)nn12. The first-order chi connectivity index (χ1) is 16.4. The lowest BCUT2D eigenvalue weighted by Crippen LogP contribution is -2.31. The predicted molar refractivity (Wildman–Crippen MR) is 128 cm³/mol. The molecule has 0 bridgehead atoms. The molecule has 172 valence electrons. The van der Waals surface area contributed by atoms with Crippen LogP contribution in [0.15, 0.2) is 52.3 Å². The quantitative estimate of drug-likeness (QED) is 0.342. The second kappa shape index (κ2) is 8.60. The van der Waals surface area contributed by atoms with E-state index in [2.05, 4.69) is 25.7 Å². The van der Waals surface area contributed by atoms with Crippen LogP contribution >= 0.6 is 11.3 Å². The summed E-state index contributed by atoms with van der Waals surface area (Å²) in [6.07, 6.45) is 0. The van der Waals surface area contributed by atoms with Crippen molar-refractivity contribution in [3.8, 4) is 11.1 Å². The van der Waals surface area contributed by atoms with Gasteiger partial charge in [0.2, 0.25) is 11.8 Å². The van der Waals surface area contributed by atoms with Gasteiger partial charge in [0.25, 0.3) is 11.8 Å².